The number of aromatic nitrogens is 2. The van der Waals surface area contributed by atoms with E-state index in [9.17, 15) is 26.0 Å². The maximum atomic E-state index is 14.9. The number of para-hydroxylation sites is 1. The zero-order valence-electron chi connectivity index (χ0n) is 17.1. The van der Waals surface area contributed by atoms with Gasteiger partial charge in [-0.25, -0.2) is 4.39 Å². The number of halogens is 4. The Hall–Kier alpha value is -3.03. The van der Waals surface area contributed by atoms with E-state index in [1.807, 2.05) is 0 Å². The molecular weight excluding hydrogens is 466 g/mol. The summed E-state index contributed by atoms with van der Waals surface area (Å²) in [5, 5.41) is 9.32. The summed E-state index contributed by atoms with van der Waals surface area (Å²) in [6, 6.07) is 11.8. The zero-order valence-corrected chi connectivity index (χ0v) is 17.9. The highest BCUT2D eigenvalue weighted by atomic mass is 32.2. The summed E-state index contributed by atoms with van der Waals surface area (Å²) in [5.41, 5.74) is 0.318. The summed E-state index contributed by atoms with van der Waals surface area (Å²) in [6.07, 6.45) is -4.82. The minimum atomic E-state index is -4.82. The molecule has 3 aromatic rings. The number of hydrogen-bond donors (Lipinski definition) is 1. The fourth-order valence-electron chi connectivity index (χ4n) is 3.33. The van der Waals surface area contributed by atoms with Gasteiger partial charge in [0, 0.05) is 37.3 Å². The number of piperazine rings is 1. The number of alkyl halides is 3. The van der Waals surface area contributed by atoms with Crippen LogP contribution in [0.4, 0.5) is 23.2 Å². The van der Waals surface area contributed by atoms with Gasteiger partial charge in [-0.1, -0.05) is 24.3 Å². The van der Waals surface area contributed by atoms with Crippen molar-refractivity contribution in [1.29, 1.82) is 0 Å². The lowest BCUT2D eigenvalue weighted by atomic mass is 10.1. The predicted octanol–water partition coefficient (Wildman–Crippen LogP) is 3.05. The third kappa shape index (κ3) is 4.99. The van der Waals surface area contributed by atoms with Crippen LogP contribution in [0.2, 0.25) is 0 Å². The molecule has 2 heterocycles. The number of rotatable bonds is 6. The van der Waals surface area contributed by atoms with E-state index in [-0.39, 0.29) is 30.8 Å². The van der Waals surface area contributed by atoms with E-state index in [0.717, 1.165) is 10.4 Å². The summed E-state index contributed by atoms with van der Waals surface area (Å²) in [6.45, 7) is 1.21. The van der Waals surface area contributed by atoms with Crippen molar-refractivity contribution in [3.8, 4) is 11.5 Å². The van der Waals surface area contributed by atoms with Crippen molar-refractivity contribution in [2.24, 2.45) is 0 Å². The summed E-state index contributed by atoms with van der Waals surface area (Å²) < 4.78 is 86.7. The molecule has 8 nitrogen and oxygen atoms in total. The largest absolute Gasteiger partial charge is 0.470 e. The van der Waals surface area contributed by atoms with Crippen molar-refractivity contribution < 1.29 is 30.4 Å². The Morgan fingerprint density at radius 1 is 1.06 bits per heavy atom. The highest BCUT2D eigenvalue weighted by Crippen LogP contribution is 2.31. The van der Waals surface area contributed by atoms with Gasteiger partial charge in [0.1, 0.15) is 5.82 Å². The average molecular weight is 485 g/mol. The van der Waals surface area contributed by atoms with Crippen LogP contribution in [0.15, 0.2) is 52.9 Å². The van der Waals surface area contributed by atoms with E-state index in [0.29, 0.717) is 18.8 Å². The second-order valence-electron chi connectivity index (χ2n) is 7.22. The van der Waals surface area contributed by atoms with Gasteiger partial charge in [0.25, 0.3) is 0 Å². The van der Waals surface area contributed by atoms with E-state index in [1.54, 1.807) is 30.3 Å². The molecule has 2 aromatic carbocycles. The number of hydrogen-bond acceptors (Lipinski definition) is 6. The molecule has 0 atom stereocenters. The van der Waals surface area contributed by atoms with Gasteiger partial charge in [0.05, 0.1) is 12.2 Å². The van der Waals surface area contributed by atoms with Gasteiger partial charge in [-0.3, -0.25) is 4.31 Å². The molecule has 0 radical (unpaired) electrons. The van der Waals surface area contributed by atoms with Gasteiger partial charge in [0.15, 0.2) is 0 Å². The van der Waals surface area contributed by atoms with Crippen LogP contribution in [0.3, 0.4) is 0 Å². The Morgan fingerprint density at radius 3 is 2.36 bits per heavy atom. The lowest BCUT2D eigenvalue weighted by Gasteiger charge is -2.33. The first kappa shape index (κ1) is 23.1. The highest BCUT2D eigenvalue weighted by molar-refractivity contribution is 7.90. The summed E-state index contributed by atoms with van der Waals surface area (Å²) in [5.74, 6) is -2.86. The molecule has 176 valence electrons. The Balaban J connectivity index is 1.64. The summed E-state index contributed by atoms with van der Waals surface area (Å²) in [7, 11) is -3.97. The number of benzene rings is 2. The third-order valence-electron chi connectivity index (χ3n) is 5.01. The topological polar surface area (TPSA) is 91.6 Å². The molecule has 1 N–H and O–H groups in total. The molecule has 0 spiro atoms. The van der Waals surface area contributed by atoms with Gasteiger partial charge in [0.2, 0.25) is 5.89 Å². The number of anilines is 1. The Labute approximate surface area is 187 Å². The van der Waals surface area contributed by atoms with Crippen LogP contribution in [-0.2, 0) is 22.9 Å². The minimum Gasteiger partial charge on any atom is -0.413 e. The maximum Gasteiger partial charge on any atom is 0.470 e. The monoisotopic (exact) mass is 485 g/mol. The SMILES string of the molecule is O=S(=O)(N1CCNCC1)N(Cc1ccc(-c2nnc(C(F)(F)F)o2)cc1F)c1ccccc1. The lowest BCUT2D eigenvalue weighted by molar-refractivity contribution is -0.156. The smallest absolute Gasteiger partial charge is 0.413 e. The third-order valence-corrected chi connectivity index (χ3v) is 6.92. The second-order valence-corrected chi connectivity index (χ2v) is 9.07. The normalized spacial score (nSPS) is 15.5. The van der Waals surface area contributed by atoms with Crippen molar-refractivity contribution in [2.45, 2.75) is 12.7 Å². The first-order chi connectivity index (χ1) is 15.7. The molecule has 0 aliphatic carbocycles. The molecule has 4 rings (SSSR count). The fourth-order valence-corrected chi connectivity index (χ4v) is 4.95. The van der Waals surface area contributed by atoms with Crippen LogP contribution in [0.5, 0.6) is 0 Å². The number of nitrogens with one attached hydrogen (secondary N) is 1. The van der Waals surface area contributed by atoms with E-state index < -0.39 is 34.0 Å². The van der Waals surface area contributed by atoms with Gasteiger partial charge in [-0.05, 0) is 24.3 Å². The van der Waals surface area contributed by atoms with Crippen LogP contribution in [0.1, 0.15) is 11.5 Å². The molecule has 13 heteroatoms. The van der Waals surface area contributed by atoms with Crippen LogP contribution >= 0.6 is 0 Å². The van der Waals surface area contributed by atoms with Crippen LogP contribution in [0, 0.1) is 5.82 Å². The quantitative estimate of drug-likeness (QED) is 0.540. The Bertz CT molecular complexity index is 1210. The molecule has 0 bridgehead atoms. The summed E-state index contributed by atoms with van der Waals surface area (Å²) >= 11 is 0. The Morgan fingerprint density at radius 2 is 1.76 bits per heavy atom. The molecule has 33 heavy (non-hydrogen) atoms. The van der Waals surface area contributed by atoms with Gasteiger partial charge < -0.3 is 9.73 Å². The van der Waals surface area contributed by atoms with E-state index in [4.69, 9.17) is 0 Å². The van der Waals surface area contributed by atoms with Crippen molar-refractivity contribution >= 4 is 15.9 Å². The Kier molecular flexibility index (Phi) is 6.36. The molecule has 1 aliphatic heterocycles. The predicted molar refractivity (Wildman–Crippen MR) is 111 cm³/mol. The minimum absolute atomic E-state index is 0.0249. The van der Waals surface area contributed by atoms with Gasteiger partial charge in [-0.2, -0.15) is 25.9 Å². The standard InChI is InChI=1S/C20H19F4N5O3S/c21-17-12-14(18-26-27-19(32-18)20(22,23)24)6-7-15(17)13-29(16-4-2-1-3-5-16)33(30,31)28-10-8-25-9-11-28/h1-7,12,25H,8-11,13H2. The zero-order chi connectivity index (χ0) is 23.6. The molecule has 0 saturated carbocycles. The molecule has 0 unspecified atom stereocenters. The molecule has 1 fully saturated rings. The molecule has 1 aliphatic rings. The van der Waals surface area contributed by atoms with Crippen LogP contribution in [0.25, 0.3) is 11.5 Å². The lowest BCUT2D eigenvalue weighted by Crippen LogP contribution is -2.51. The summed E-state index contributed by atoms with van der Waals surface area (Å²) in [4.78, 5) is 0. The highest BCUT2D eigenvalue weighted by Gasteiger charge is 2.38. The maximum absolute atomic E-state index is 14.9. The van der Waals surface area contributed by atoms with Crippen LogP contribution in [-0.4, -0.2) is 49.1 Å². The van der Waals surface area contributed by atoms with Crippen LogP contribution < -0.4 is 9.62 Å². The van der Waals surface area contributed by atoms with Crippen molar-refractivity contribution in [1.82, 2.24) is 19.8 Å². The van der Waals surface area contributed by atoms with Crippen molar-refractivity contribution in [3.05, 3.63) is 65.8 Å². The van der Waals surface area contributed by atoms with E-state index in [1.165, 1.54) is 16.4 Å². The van der Waals surface area contributed by atoms with E-state index >= 15 is 0 Å². The average Bonchev–Trinajstić information content (AvgIpc) is 3.30. The molecule has 1 aromatic heterocycles. The van der Waals surface area contributed by atoms with Gasteiger partial charge >= 0.3 is 22.3 Å². The molecular formula is C20H19F4N5O3S. The van der Waals surface area contributed by atoms with E-state index in [2.05, 4.69) is 19.9 Å². The second kappa shape index (κ2) is 9.08. The number of nitrogens with zero attached hydrogens (tertiary/aromatic N) is 4. The molecule has 1 saturated heterocycles. The molecule has 0 amide bonds. The first-order valence-corrected chi connectivity index (χ1v) is 11.3. The van der Waals surface area contributed by atoms with Gasteiger partial charge in [-0.15, -0.1) is 10.2 Å². The fraction of sp³-hybridized carbons (Fsp3) is 0.300. The first-order valence-electron chi connectivity index (χ1n) is 9.89. The van der Waals surface area contributed by atoms with Crippen molar-refractivity contribution in [2.75, 3.05) is 30.5 Å². The van der Waals surface area contributed by atoms with Crippen molar-refractivity contribution in [3.63, 3.8) is 0 Å².